The Balaban J connectivity index is 1.96. The summed E-state index contributed by atoms with van der Waals surface area (Å²) in [5.74, 6) is 1.55. The highest BCUT2D eigenvalue weighted by molar-refractivity contribution is 6.01. The van der Waals surface area contributed by atoms with Crippen LogP contribution < -0.4 is 19.5 Å². The van der Waals surface area contributed by atoms with E-state index in [4.69, 9.17) is 14.2 Å². The number of phenolic OH excluding ortho intramolecular Hbond substituents is 1. The highest BCUT2D eigenvalue weighted by Gasteiger charge is 2.36. The van der Waals surface area contributed by atoms with E-state index in [0.29, 0.717) is 23.7 Å². The number of allylic oxidation sites excluding steroid dienone is 2. The molecule has 1 unspecified atom stereocenters. The molecule has 0 fully saturated rings. The van der Waals surface area contributed by atoms with Crippen LogP contribution in [0.4, 0.5) is 5.69 Å². The van der Waals surface area contributed by atoms with Gasteiger partial charge in [0, 0.05) is 35.4 Å². The lowest BCUT2D eigenvalue weighted by atomic mass is 9.75. The minimum absolute atomic E-state index is 0.0666. The van der Waals surface area contributed by atoms with Gasteiger partial charge in [-0.1, -0.05) is 6.07 Å². The molecule has 1 atom stereocenters. The average Bonchev–Trinajstić information content (AvgIpc) is 2.72. The van der Waals surface area contributed by atoms with Crippen LogP contribution in [0.5, 0.6) is 23.0 Å². The van der Waals surface area contributed by atoms with E-state index in [2.05, 4.69) is 5.32 Å². The third-order valence-electron chi connectivity index (χ3n) is 5.43. The van der Waals surface area contributed by atoms with Gasteiger partial charge in [-0.3, -0.25) is 4.79 Å². The molecule has 146 valence electrons. The molecule has 4 rings (SSSR count). The van der Waals surface area contributed by atoms with Crippen LogP contribution in [0.25, 0.3) is 0 Å². The van der Waals surface area contributed by atoms with Gasteiger partial charge in [0.1, 0.15) is 0 Å². The number of carbonyl (C=O) groups excluding carboxylic acids is 1. The number of rotatable bonds is 4. The number of ketones is 1. The summed E-state index contributed by atoms with van der Waals surface area (Å²) >= 11 is 0. The summed E-state index contributed by atoms with van der Waals surface area (Å²) in [5.41, 5.74) is 4.43. The number of hydrogen-bond donors (Lipinski definition) is 2. The van der Waals surface area contributed by atoms with Gasteiger partial charge >= 0.3 is 0 Å². The number of aromatic hydroxyl groups is 1. The van der Waals surface area contributed by atoms with Gasteiger partial charge in [0.2, 0.25) is 0 Å². The van der Waals surface area contributed by atoms with E-state index in [1.54, 1.807) is 26.4 Å². The lowest BCUT2D eigenvalue weighted by Gasteiger charge is -2.34. The maximum atomic E-state index is 12.9. The molecule has 0 amide bonds. The van der Waals surface area contributed by atoms with Crippen molar-refractivity contribution >= 4 is 11.5 Å². The summed E-state index contributed by atoms with van der Waals surface area (Å²) in [7, 11) is 4.71. The largest absolute Gasteiger partial charge is 0.504 e. The molecule has 28 heavy (non-hydrogen) atoms. The maximum Gasteiger partial charge on any atom is 0.162 e. The quantitative estimate of drug-likeness (QED) is 0.834. The third kappa shape index (κ3) is 2.85. The zero-order valence-electron chi connectivity index (χ0n) is 16.2. The van der Waals surface area contributed by atoms with Crippen molar-refractivity contribution in [3.63, 3.8) is 0 Å². The number of carbonyl (C=O) groups is 1. The molecule has 2 aromatic rings. The second kappa shape index (κ2) is 7.11. The van der Waals surface area contributed by atoms with Gasteiger partial charge < -0.3 is 24.6 Å². The molecule has 2 N–H and O–H groups in total. The van der Waals surface area contributed by atoms with E-state index >= 15 is 0 Å². The first-order chi connectivity index (χ1) is 13.6. The summed E-state index contributed by atoms with van der Waals surface area (Å²) < 4.78 is 16.2. The predicted molar refractivity (Wildman–Crippen MR) is 106 cm³/mol. The topological polar surface area (TPSA) is 77.0 Å². The van der Waals surface area contributed by atoms with Gasteiger partial charge in [-0.25, -0.2) is 0 Å². The SMILES string of the molecule is COc1cc(C2C3=C(CCCC3=O)Nc3cc(OC)c(OC)cc32)ccc1O. The second-order valence-electron chi connectivity index (χ2n) is 6.95. The Kier molecular flexibility index (Phi) is 4.63. The maximum absolute atomic E-state index is 12.9. The Hall–Kier alpha value is -3.15. The number of ether oxygens (including phenoxy) is 3. The lowest BCUT2D eigenvalue weighted by Crippen LogP contribution is -2.27. The number of anilines is 1. The predicted octanol–water partition coefficient (Wildman–Crippen LogP) is 3.98. The first kappa shape index (κ1) is 18.2. The van der Waals surface area contributed by atoms with E-state index < -0.39 is 0 Å². The van der Waals surface area contributed by atoms with Crippen LogP contribution in [0.3, 0.4) is 0 Å². The number of Topliss-reactive ketones (excluding diaryl/α,β-unsaturated/α-hetero) is 1. The van der Waals surface area contributed by atoms with Crippen LogP contribution in [-0.4, -0.2) is 32.2 Å². The molecule has 1 aliphatic carbocycles. The van der Waals surface area contributed by atoms with Gasteiger partial charge in [0.15, 0.2) is 28.8 Å². The van der Waals surface area contributed by atoms with Crippen molar-refractivity contribution in [2.75, 3.05) is 26.6 Å². The van der Waals surface area contributed by atoms with Crippen molar-refractivity contribution < 1.29 is 24.1 Å². The van der Waals surface area contributed by atoms with Crippen molar-refractivity contribution in [3.05, 3.63) is 52.7 Å². The first-order valence-corrected chi connectivity index (χ1v) is 9.23. The van der Waals surface area contributed by atoms with Crippen LogP contribution in [0.1, 0.15) is 36.3 Å². The number of fused-ring (bicyclic) bond motifs is 1. The Morgan fingerprint density at radius 2 is 1.68 bits per heavy atom. The van der Waals surface area contributed by atoms with E-state index in [9.17, 15) is 9.90 Å². The molecule has 1 aliphatic heterocycles. The second-order valence-corrected chi connectivity index (χ2v) is 6.95. The van der Waals surface area contributed by atoms with Crippen molar-refractivity contribution in [1.82, 2.24) is 0 Å². The monoisotopic (exact) mass is 381 g/mol. The van der Waals surface area contributed by atoms with Crippen LogP contribution in [0.2, 0.25) is 0 Å². The fourth-order valence-electron chi connectivity index (χ4n) is 4.11. The molecule has 0 aromatic heterocycles. The smallest absolute Gasteiger partial charge is 0.162 e. The highest BCUT2D eigenvalue weighted by atomic mass is 16.5. The molecule has 0 saturated carbocycles. The Labute approximate surface area is 163 Å². The van der Waals surface area contributed by atoms with Crippen LogP contribution >= 0.6 is 0 Å². The van der Waals surface area contributed by atoms with Gasteiger partial charge in [-0.2, -0.15) is 0 Å². The Bertz CT molecular complexity index is 979. The summed E-state index contributed by atoms with van der Waals surface area (Å²) in [6, 6.07) is 9.04. The zero-order valence-corrected chi connectivity index (χ0v) is 16.2. The number of benzene rings is 2. The molecular weight excluding hydrogens is 358 g/mol. The molecule has 0 radical (unpaired) electrons. The van der Waals surface area contributed by atoms with Crippen molar-refractivity contribution in [1.29, 1.82) is 0 Å². The molecule has 6 nitrogen and oxygen atoms in total. The van der Waals surface area contributed by atoms with E-state index in [-0.39, 0.29) is 17.5 Å². The molecule has 2 aliphatic rings. The normalized spacial score (nSPS) is 18.1. The first-order valence-electron chi connectivity index (χ1n) is 9.23. The molecular formula is C22H23NO5. The van der Waals surface area contributed by atoms with Crippen LogP contribution in [-0.2, 0) is 4.79 Å². The lowest BCUT2D eigenvalue weighted by molar-refractivity contribution is -0.116. The minimum atomic E-state index is -0.270. The van der Waals surface area contributed by atoms with Gasteiger partial charge in [-0.15, -0.1) is 0 Å². The fraction of sp³-hybridized carbons (Fsp3) is 0.318. The van der Waals surface area contributed by atoms with Gasteiger partial charge in [-0.05, 0) is 42.2 Å². The molecule has 0 saturated heterocycles. The molecule has 6 heteroatoms. The third-order valence-corrected chi connectivity index (χ3v) is 5.43. The molecule has 1 heterocycles. The van der Waals surface area contributed by atoms with E-state index in [0.717, 1.165) is 40.9 Å². The number of methoxy groups -OCH3 is 3. The van der Waals surface area contributed by atoms with Crippen molar-refractivity contribution in [2.45, 2.75) is 25.2 Å². The minimum Gasteiger partial charge on any atom is -0.504 e. The number of phenols is 1. The average molecular weight is 381 g/mol. The van der Waals surface area contributed by atoms with Crippen molar-refractivity contribution in [3.8, 4) is 23.0 Å². The molecule has 0 spiro atoms. The van der Waals surface area contributed by atoms with Crippen LogP contribution in [0.15, 0.2) is 41.6 Å². The molecule has 0 bridgehead atoms. The summed E-state index contributed by atoms with van der Waals surface area (Å²) in [6.07, 6.45) is 2.19. The Morgan fingerprint density at radius 3 is 2.39 bits per heavy atom. The summed E-state index contributed by atoms with van der Waals surface area (Å²) in [5, 5.41) is 13.4. The van der Waals surface area contributed by atoms with E-state index in [1.807, 2.05) is 18.2 Å². The molecule has 2 aromatic carbocycles. The van der Waals surface area contributed by atoms with Gasteiger partial charge in [0.25, 0.3) is 0 Å². The van der Waals surface area contributed by atoms with Gasteiger partial charge in [0.05, 0.1) is 21.3 Å². The number of nitrogens with one attached hydrogen (secondary N) is 1. The summed E-state index contributed by atoms with van der Waals surface area (Å²) in [4.78, 5) is 12.9. The number of hydrogen-bond acceptors (Lipinski definition) is 6. The standard InChI is InChI=1S/C22H23NO5/c1-26-18-9-12(7-8-16(18)24)21-13-10-19(27-2)20(28-3)11-15(13)23-14-5-4-6-17(25)22(14)21/h7-11,21,23-24H,4-6H2,1-3H3. The van der Waals surface area contributed by atoms with Crippen LogP contribution in [0, 0.1) is 0 Å². The Morgan fingerprint density at radius 1 is 0.964 bits per heavy atom. The zero-order chi connectivity index (χ0) is 19.8. The fourth-order valence-corrected chi connectivity index (χ4v) is 4.11. The summed E-state index contributed by atoms with van der Waals surface area (Å²) in [6.45, 7) is 0. The van der Waals surface area contributed by atoms with E-state index in [1.165, 1.54) is 7.11 Å². The van der Waals surface area contributed by atoms with Crippen molar-refractivity contribution in [2.24, 2.45) is 0 Å². The highest BCUT2D eigenvalue weighted by Crippen LogP contribution is 2.49.